The minimum Gasteiger partial charge on any atom is -0.365 e. The molecule has 1 aliphatic rings. The molecule has 0 aromatic heterocycles. The van der Waals surface area contributed by atoms with Crippen LogP contribution in [-0.4, -0.2) is 29.4 Å². The summed E-state index contributed by atoms with van der Waals surface area (Å²) in [5.41, 5.74) is 4.95. The molecule has 7 heteroatoms. The maximum absolute atomic E-state index is 10.5. The zero-order valence-electron chi connectivity index (χ0n) is 5.86. The standard InChI is InChI=1S/C4H6ClN5O/c1-10(2-3(6)11)4(5)7-8-9-10/h2H2,1H3,(H-,6,11)/p+1. The molecule has 1 aliphatic heterocycles. The number of amides is 1. The highest BCUT2D eigenvalue weighted by molar-refractivity contribution is 6.62. The summed E-state index contributed by atoms with van der Waals surface area (Å²) in [6.45, 7) is -0.0220. The number of amidine groups is 1. The number of primary amides is 1. The Hall–Kier alpha value is -1.01. The number of rotatable bonds is 2. The van der Waals surface area contributed by atoms with Gasteiger partial charge < -0.3 is 5.73 Å². The number of halogens is 1. The summed E-state index contributed by atoms with van der Waals surface area (Å²) in [5, 5.41) is 10.5. The van der Waals surface area contributed by atoms with Crippen LogP contribution in [0.2, 0.25) is 0 Å². The van der Waals surface area contributed by atoms with E-state index in [0.717, 1.165) is 0 Å². The summed E-state index contributed by atoms with van der Waals surface area (Å²) in [4.78, 5) is 10.5. The second-order valence-corrected chi connectivity index (χ2v) is 2.65. The first-order valence-corrected chi connectivity index (χ1v) is 3.22. The monoisotopic (exact) mass is 176 g/mol. The molecule has 6 nitrogen and oxygen atoms in total. The smallest absolute Gasteiger partial charge is 0.348 e. The predicted octanol–water partition coefficient (Wildman–Crippen LogP) is -0.191. The summed E-state index contributed by atoms with van der Waals surface area (Å²) in [6, 6.07) is 0. The molecule has 1 atom stereocenters. The Morgan fingerprint density at radius 2 is 2.45 bits per heavy atom. The lowest BCUT2D eigenvalue weighted by molar-refractivity contribution is -0.817. The van der Waals surface area contributed by atoms with Gasteiger partial charge in [-0.3, -0.25) is 4.79 Å². The van der Waals surface area contributed by atoms with Crippen molar-refractivity contribution in [2.24, 2.45) is 21.3 Å². The molecule has 0 fully saturated rings. The first-order chi connectivity index (χ1) is 5.04. The van der Waals surface area contributed by atoms with Gasteiger partial charge in [0.1, 0.15) is 7.05 Å². The Morgan fingerprint density at radius 1 is 1.82 bits per heavy atom. The highest BCUT2D eigenvalue weighted by Crippen LogP contribution is 2.15. The Morgan fingerprint density at radius 3 is 2.82 bits per heavy atom. The van der Waals surface area contributed by atoms with Crippen LogP contribution in [0.1, 0.15) is 0 Å². The number of carbonyl (C=O) groups excluding carboxylic acids is 1. The minimum absolute atomic E-state index is 0.0220. The Kier molecular flexibility index (Phi) is 1.88. The molecule has 2 N–H and O–H groups in total. The molecule has 60 valence electrons. The van der Waals surface area contributed by atoms with Gasteiger partial charge in [-0.05, 0) is 0 Å². The third-order valence-electron chi connectivity index (χ3n) is 1.23. The molecule has 1 heterocycles. The van der Waals surface area contributed by atoms with Crippen LogP contribution in [0.5, 0.6) is 0 Å². The molecule has 1 amide bonds. The van der Waals surface area contributed by atoms with Gasteiger partial charge in [-0.2, -0.15) is 0 Å². The average molecular weight is 177 g/mol. The van der Waals surface area contributed by atoms with Crippen molar-refractivity contribution in [3.8, 4) is 0 Å². The molecule has 0 radical (unpaired) electrons. The Bertz CT molecular complexity index is 249. The van der Waals surface area contributed by atoms with Crippen molar-refractivity contribution >= 4 is 22.8 Å². The summed E-state index contributed by atoms with van der Waals surface area (Å²) < 4.78 is -0.184. The highest BCUT2D eigenvalue weighted by Gasteiger charge is 2.35. The van der Waals surface area contributed by atoms with E-state index in [1.807, 2.05) is 0 Å². The maximum Gasteiger partial charge on any atom is 0.348 e. The van der Waals surface area contributed by atoms with Crippen LogP contribution < -0.4 is 5.73 Å². The average Bonchev–Trinajstić information content (AvgIpc) is 2.11. The van der Waals surface area contributed by atoms with Crippen molar-refractivity contribution in [1.82, 2.24) is 0 Å². The van der Waals surface area contributed by atoms with E-state index in [9.17, 15) is 4.79 Å². The molecule has 0 saturated heterocycles. The highest BCUT2D eigenvalue weighted by atomic mass is 35.5. The van der Waals surface area contributed by atoms with Gasteiger partial charge in [-0.25, -0.2) is 0 Å². The predicted molar refractivity (Wildman–Crippen MR) is 38.4 cm³/mol. The Labute approximate surface area is 67.9 Å². The lowest BCUT2D eigenvalue weighted by atomic mass is 10.5. The van der Waals surface area contributed by atoms with Gasteiger partial charge in [0.15, 0.2) is 6.54 Å². The molecule has 0 aliphatic carbocycles. The molecule has 11 heavy (non-hydrogen) atoms. The number of hydrogen-bond acceptors (Lipinski definition) is 4. The normalized spacial score (nSPS) is 28.7. The second kappa shape index (κ2) is 2.55. The van der Waals surface area contributed by atoms with E-state index in [-0.39, 0.29) is 16.4 Å². The maximum atomic E-state index is 10.5. The minimum atomic E-state index is -0.498. The van der Waals surface area contributed by atoms with Crippen molar-refractivity contribution in [3.63, 3.8) is 0 Å². The fraction of sp³-hybridized carbons (Fsp3) is 0.500. The number of hydrogen-bond donors (Lipinski definition) is 1. The molecule has 0 saturated carbocycles. The van der Waals surface area contributed by atoms with Gasteiger partial charge in [0, 0.05) is 16.8 Å². The van der Waals surface area contributed by atoms with E-state index >= 15 is 0 Å². The first-order valence-electron chi connectivity index (χ1n) is 2.85. The quantitative estimate of drug-likeness (QED) is 0.459. The largest absolute Gasteiger partial charge is 0.365 e. The summed E-state index contributed by atoms with van der Waals surface area (Å²) in [7, 11) is 1.59. The van der Waals surface area contributed by atoms with E-state index in [1.54, 1.807) is 7.05 Å². The number of quaternary nitrogens is 1. The van der Waals surface area contributed by atoms with Crippen molar-refractivity contribution < 1.29 is 9.39 Å². The first kappa shape index (κ1) is 8.09. The van der Waals surface area contributed by atoms with Crippen molar-refractivity contribution in [1.29, 1.82) is 0 Å². The van der Waals surface area contributed by atoms with E-state index in [1.165, 1.54) is 0 Å². The summed E-state index contributed by atoms with van der Waals surface area (Å²) >= 11 is 5.59. The molecule has 0 aromatic rings. The SMILES string of the molecule is C[N+]1(CC(N)=O)N=NN=C1Cl. The van der Waals surface area contributed by atoms with Gasteiger partial charge in [0.25, 0.3) is 5.91 Å². The topological polar surface area (TPSA) is 80.2 Å². The molecule has 1 unspecified atom stereocenters. The third-order valence-corrected chi connectivity index (χ3v) is 1.67. The lowest BCUT2D eigenvalue weighted by Gasteiger charge is -2.15. The number of carbonyl (C=O) groups is 1. The van der Waals surface area contributed by atoms with E-state index < -0.39 is 5.91 Å². The lowest BCUT2D eigenvalue weighted by Crippen LogP contribution is -2.45. The van der Waals surface area contributed by atoms with E-state index in [4.69, 9.17) is 17.3 Å². The van der Waals surface area contributed by atoms with Crippen LogP contribution in [0.4, 0.5) is 0 Å². The molecule has 1 rings (SSSR count). The van der Waals surface area contributed by atoms with Crippen molar-refractivity contribution in [2.45, 2.75) is 0 Å². The summed E-state index contributed by atoms with van der Waals surface area (Å²) in [5.74, 6) is -0.498. The van der Waals surface area contributed by atoms with Gasteiger partial charge in [-0.15, -0.1) is 4.59 Å². The van der Waals surface area contributed by atoms with Crippen LogP contribution in [0.3, 0.4) is 0 Å². The van der Waals surface area contributed by atoms with Crippen LogP contribution in [0, 0.1) is 0 Å². The fourth-order valence-electron chi connectivity index (χ4n) is 0.679. The van der Waals surface area contributed by atoms with Crippen molar-refractivity contribution in [3.05, 3.63) is 0 Å². The number of nitrogens with two attached hydrogens (primary N) is 1. The molecule has 0 aromatic carbocycles. The van der Waals surface area contributed by atoms with Crippen LogP contribution >= 0.6 is 11.6 Å². The van der Waals surface area contributed by atoms with E-state index in [0.29, 0.717) is 0 Å². The van der Waals surface area contributed by atoms with Gasteiger partial charge in [0.2, 0.25) is 0 Å². The van der Waals surface area contributed by atoms with Crippen LogP contribution in [-0.2, 0) is 4.79 Å². The number of likely N-dealkylation sites (N-methyl/N-ethyl adjacent to an activating group) is 1. The number of nitrogens with zero attached hydrogens (tertiary/aromatic N) is 4. The Balaban J connectivity index is 2.76. The van der Waals surface area contributed by atoms with Gasteiger partial charge in [0.05, 0.1) is 5.22 Å². The van der Waals surface area contributed by atoms with Crippen LogP contribution in [0.15, 0.2) is 15.5 Å². The molecule has 0 spiro atoms. The summed E-state index contributed by atoms with van der Waals surface area (Å²) in [6.07, 6.45) is 0. The zero-order chi connectivity index (χ0) is 8.48. The van der Waals surface area contributed by atoms with Gasteiger partial charge in [-0.1, -0.05) is 5.10 Å². The van der Waals surface area contributed by atoms with Crippen LogP contribution in [0.25, 0.3) is 0 Å². The molecular formula is C4H7ClN5O+. The van der Waals surface area contributed by atoms with Gasteiger partial charge >= 0.3 is 5.29 Å². The molecule has 0 bridgehead atoms. The van der Waals surface area contributed by atoms with Crippen molar-refractivity contribution in [2.75, 3.05) is 13.6 Å². The molecular weight excluding hydrogens is 170 g/mol. The third kappa shape index (κ3) is 1.52. The second-order valence-electron chi connectivity index (χ2n) is 2.31. The fourth-order valence-corrected chi connectivity index (χ4v) is 0.806. The zero-order valence-corrected chi connectivity index (χ0v) is 6.62. The van der Waals surface area contributed by atoms with E-state index in [2.05, 4.69) is 15.5 Å².